The second-order valence-electron chi connectivity index (χ2n) is 4.61. The summed E-state index contributed by atoms with van der Waals surface area (Å²) < 4.78 is 5.55. The predicted octanol–water partition coefficient (Wildman–Crippen LogP) is 2.95. The molecule has 2 aromatic rings. The van der Waals surface area contributed by atoms with Crippen molar-refractivity contribution >= 4 is 6.03 Å². The Morgan fingerprint density at radius 1 is 0.905 bits per heavy atom. The molecule has 0 aliphatic rings. The van der Waals surface area contributed by atoms with Crippen LogP contribution in [0, 0.1) is 0 Å². The second kappa shape index (κ2) is 8.64. The maximum Gasteiger partial charge on any atom is 0.315 e. The van der Waals surface area contributed by atoms with Crippen LogP contribution in [0.2, 0.25) is 0 Å². The topological polar surface area (TPSA) is 50.4 Å². The average molecular weight is 284 g/mol. The van der Waals surface area contributed by atoms with Gasteiger partial charge in [-0.25, -0.2) is 4.79 Å². The summed E-state index contributed by atoms with van der Waals surface area (Å²) in [4.78, 5) is 11.6. The van der Waals surface area contributed by atoms with Gasteiger partial charge in [0.2, 0.25) is 0 Å². The lowest BCUT2D eigenvalue weighted by Gasteiger charge is -2.08. The number of carbonyl (C=O) groups is 1. The lowest BCUT2D eigenvalue weighted by atomic mass is 10.2. The van der Waals surface area contributed by atoms with Gasteiger partial charge < -0.3 is 15.4 Å². The molecule has 110 valence electrons. The minimum Gasteiger partial charge on any atom is -0.494 e. The first-order valence-electron chi connectivity index (χ1n) is 7.08. The highest BCUT2D eigenvalue weighted by Crippen LogP contribution is 2.07. The molecule has 4 heteroatoms. The molecule has 2 N–H and O–H groups in total. The summed E-state index contributed by atoms with van der Waals surface area (Å²) >= 11 is 0. The van der Waals surface area contributed by atoms with E-state index in [2.05, 4.69) is 10.6 Å². The highest BCUT2D eigenvalue weighted by Gasteiger charge is 1.99. The molecule has 0 aliphatic heterocycles. The number of amides is 2. The molecule has 0 aliphatic carbocycles. The average Bonchev–Trinajstić information content (AvgIpc) is 2.54. The minimum absolute atomic E-state index is 0.154. The van der Waals surface area contributed by atoms with Crippen molar-refractivity contribution in [3.8, 4) is 5.75 Å². The Morgan fingerprint density at radius 3 is 2.29 bits per heavy atom. The van der Waals surface area contributed by atoms with E-state index in [1.54, 1.807) is 0 Å². The van der Waals surface area contributed by atoms with E-state index in [4.69, 9.17) is 4.74 Å². The van der Waals surface area contributed by atoms with Gasteiger partial charge in [0.25, 0.3) is 0 Å². The van der Waals surface area contributed by atoms with Gasteiger partial charge in [-0.1, -0.05) is 48.5 Å². The first-order valence-corrected chi connectivity index (χ1v) is 7.08. The Labute approximate surface area is 125 Å². The fraction of sp³-hybridized carbons (Fsp3) is 0.235. The van der Waals surface area contributed by atoms with Crippen molar-refractivity contribution in [2.75, 3.05) is 13.2 Å². The Morgan fingerprint density at radius 2 is 1.57 bits per heavy atom. The molecule has 4 nitrogen and oxygen atoms in total. The SMILES string of the molecule is O=C(NCCCOc1ccccc1)NCc1ccccc1. The number of hydrogen-bond acceptors (Lipinski definition) is 2. The standard InChI is InChI=1S/C17H20N2O2/c20-17(19-14-15-8-3-1-4-9-15)18-12-7-13-21-16-10-5-2-6-11-16/h1-6,8-11H,7,12-14H2,(H2,18,19,20). The fourth-order valence-corrected chi connectivity index (χ4v) is 1.82. The monoisotopic (exact) mass is 284 g/mol. The molecule has 0 spiro atoms. The number of nitrogens with one attached hydrogen (secondary N) is 2. The van der Waals surface area contributed by atoms with Crippen LogP contribution in [0.15, 0.2) is 60.7 Å². The smallest absolute Gasteiger partial charge is 0.315 e. The van der Waals surface area contributed by atoms with Crippen molar-refractivity contribution in [2.24, 2.45) is 0 Å². The van der Waals surface area contributed by atoms with Crippen LogP contribution < -0.4 is 15.4 Å². The van der Waals surface area contributed by atoms with Crippen LogP contribution in [0.25, 0.3) is 0 Å². The molecule has 21 heavy (non-hydrogen) atoms. The number of rotatable bonds is 7. The van der Waals surface area contributed by atoms with E-state index < -0.39 is 0 Å². The van der Waals surface area contributed by atoms with Crippen LogP contribution in [0.5, 0.6) is 5.75 Å². The number of carbonyl (C=O) groups excluding carboxylic acids is 1. The lowest BCUT2D eigenvalue weighted by molar-refractivity contribution is 0.238. The summed E-state index contributed by atoms with van der Waals surface area (Å²) in [5.41, 5.74) is 1.08. The first-order chi connectivity index (χ1) is 10.3. The highest BCUT2D eigenvalue weighted by molar-refractivity contribution is 5.73. The Hall–Kier alpha value is -2.49. The van der Waals surface area contributed by atoms with Gasteiger partial charge in [-0.15, -0.1) is 0 Å². The molecule has 0 heterocycles. The number of urea groups is 1. The largest absolute Gasteiger partial charge is 0.494 e. The number of ether oxygens (including phenoxy) is 1. The van der Waals surface area contributed by atoms with Gasteiger partial charge in [-0.2, -0.15) is 0 Å². The van der Waals surface area contributed by atoms with E-state index in [0.717, 1.165) is 17.7 Å². The molecular formula is C17H20N2O2. The number of benzene rings is 2. The molecular weight excluding hydrogens is 264 g/mol. The van der Waals surface area contributed by atoms with Crippen LogP contribution in [0.1, 0.15) is 12.0 Å². The maximum absolute atomic E-state index is 11.6. The minimum atomic E-state index is -0.154. The van der Waals surface area contributed by atoms with E-state index in [9.17, 15) is 4.79 Å². The molecule has 0 saturated heterocycles. The van der Waals surface area contributed by atoms with Gasteiger partial charge >= 0.3 is 6.03 Å². The molecule has 2 aromatic carbocycles. The molecule has 2 rings (SSSR count). The van der Waals surface area contributed by atoms with Gasteiger partial charge in [0.1, 0.15) is 5.75 Å². The van der Waals surface area contributed by atoms with Gasteiger partial charge in [-0.3, -0.25) is 0 Å². The summed E-state index contributed by atoms with van der Waals surface area (Å²) in [5.74, 6) is 0.853. The van der Waals surface area contributed by atoms with Gasteiger partial charge in [0, 0.05) is 13.1 Å². The van der Waals surface area contributed by atoms with E-state index >= 15 is 0 Å². The fourth-order valence-electron chi connectivity index (χ4n) is 1.82. The third kappa shape index (κ3) is 5.99. The number of hydrogen-bond donors (Lipinski definition) is 2. The molecule has 0 aromatic heterocycles. The van der Waals surface area contributed by atoms with Crippen molar-refractivity contribution in [3.63, 3.8) is 0 Å². The second-order valence-corrected chi connectivity index (χ2v) is 4.61. The third-order valence-corrected chi connectivity index (χ3v) is 2.91. The van der Waals surface area contributed by atoms with Gasteiger partial charge in [-0.05, 0) is 24.1 Å². The van der Waals surface area contributed by atoms with Crippen molar-refractivity contribution in [1.29, 1.82) is 0 Å². The van der Waals surface area contributed by atoms with Crippen LogP contribution in [-0.2, 0) is 6.54 Å². The first kappa shape index (κ1) is 14.9. The highest BCUT2D eigenvalue weighted by atomic mass is 16.5. The van der Waals surface area contributed by atoms with Crippen molar-refractivity contribution < 1.29 is 9.53 Å². The summed E-state index contributed by atoms with van der Waals surface area (Å²) in [6.07, 6.45) is 0.771. The quantitative estimate of drug-likeness (QED) is 0.768. The summed E-state index contributed by atoms with van der Waals surface area (Å²) in [6.45, 7) is 1.71. The zero-order valence-corrected chi connectivity index (χ0v) is 11.9. The lowest BCUT2D eigenvalue weighted by Crippen LogP contribution is -2.35. The Bertz CT molecular complexity index is 529. The van der Waals surface area contributed by atoms with Crippen LogP contribution in [-0.4, -0.2) is 19.2 Å². The van der Waals surface area contributed by atoms with Crippen LogP contribution in [0.4, 0.5) is 4.79 Å². The molecule has 0 fully saturated rings. The normalized spacial score (nSPS) is 9.90. The molecule has 0 bridgehead atoms. The molecule has 0 unspecified atom stereocenters. The Balaban J connectivity index is 1.53. The van der Waals surface area contributed by atoms with E-state index in [0.29, 0.717) is 19.7 Å². The zero-order valence-electron chi connectivity index (χ0n) is 11.9. The molecule has 0 radical (unpaired) electrons. The Kier molecular flexibility index (Phi) is 6.13. The predicted molar refractivity (Wildman–Crippen MR) is 83.2 cm³/mol. The molecule has 2 amide bonds. The van der Waals surface area contributed by atoms with E-state index in [-0.39, 0.29) is 6.03 Å². The summed E-state index contributed by atoms with van der Waals surface area (Å²) in [6, 6.07) is 19.3. The van der Waals surface area contributed by atoms with E-state index in [1.165, 1.54) is 0 Å². The number of para-hydroxylation sites is 1. The third-order valence-electron chi connectivity index (χ3n) is 2.91. The van der Waals surface area contributed by atoms with Gasteiger partial charge in [0.05, 0.1) is 6.61 Å². The molecule has 0 saturated carbocycles. The van der Waals surface area contributed by atoms with Crippen molar-refractivity contribution in [2.45, 2.75) is 13.0 Å². The maximum atomic E-state index is 11.6. The van der Waals surface area contributed by atoms with Crippen LogP contribution in [0.3, 0.4) is 0 Å². The van der Waals surface area contributed by atoms with Crippen LogP contribution >= 0.6 is 0 Å². The summed E-state index contributed by atoms with van der Waals surface area (Å²) in [5, 5.41) is 5.63. The molecule has 0 atom stereocenters. The van der Waals surface area contributed by atoms with E-state index in [1.807, 2.05) is 60.7 Å². The zero-order chi connectivity index (χ0) is 14.8. The van der Waals surface area contributed by atoms with Gasteiger partial charge in [0.15, 0.2) is 0 Å². The summed E-state index contributed by atoms with van der Waals surface area (Å²) in [7, 11) is 0. The van der Waals surface area contributed by atoms with Crippen molar-refractivity contribution in [1.82, 2.24) is 10.6 Å². The van der Waals surface area contributed by atoms with Crippen molar-refractivity contribution in [3.05, 3.63) is 66.2 Å².